The highest BCUT2D eigenvalue weighted by Crippen LogP contribution is 2.20. The topological polar surface area (TPSA) is 38.3 Å². The first-order valence-corrected chi connectivity index (χ1v) is 5.60. The van der Waals surface area contributed by atoms with Crippen LogP contribution < -0.4 is 5.32 Å². The van der Waals surface area contributed by atoms with Crippen molar-refractivity contribution in [1.29, 1.82) is 0 Å². The summed E-state index contributed by atoms with van der Waals surface area (Å²) in [7, 11) is 0. The standard InChI is InChI=1S/C14H13NO2/c1-2-4-14-13(3-1)12(10-17-14)8-15-7-11-5-6-16-9-11/h1-6,9-10,15H,7-8H2. The highest BCUT2D eigenvalue weighted by Gasteiger charge is 2.04. The second kappa shape index (κ2) is 4.47. The number of fused-ring (bicyclic) bond motifs is 1. The molecule has 17 heavy (non-hydrogen) atoms. The van der Waals surface area contributed by atoms with Crippen molar-refractivity contribution in [3.05, 3.63) is 60.2 Å². The quantitative estimate of drug-likeness (QED) is 0.743. The second-order valence-electron chi connectivity index (χ2n) is 3.99. The molecule has 0 bridgehead atoms. The van der Waals surface area contributed by atoms with Crippen molar-refractivity contribution >= 4 is 11.0 Å². The van der Waals surface area contributed by atoms with E-state index in [1.165, 1.54) is 10.9 Å². The lowest BCUT2D eigenvalue weighted by Gasteiger charge is -2.00. The summed E-state index contributed by atoms with van der Waals surface area (Å²) in [6, 6.07) is 10.0. The van der Waals surface area contributed by atoms with Gasteiger partial charge in [-0.15, -0.1) is 0 Å². The lowest BCUT2D eigenvalue weighted by molar-refractivity contribution is 0.559. The zero-order valence-corrected chi connectivity index (χ0v) is 9.35. The number of benzene rings is 1. The van der Waals surface area contributed by atoms with Gasteiger partial charge in [-0.25, -0.2) is 0 Å². The van der Waals surface area contributed by atoms with Gasteiger partial charge in [-0.1, -0.05) is 18.2 Å². The number of furan rings is 2. The van der Waals surface area contributed by atoms with Gasteiger partial charge in [0, 0.05) is 29.6 Å². The summed E-state index contributed by atoms with van der Waals surface area (Å²) in [6.45, 7) is 1.60. The predicted molar refractivity (Wildman–Crippen MR) is 65.5 cm³/mol. The lowest BCUT2D eigenvalue weighted by Crippen LogP contribution is -2.11. The largest absolute Gasteiger partial charge is 0.472 e. The summed E-state index contributed by atoms with van der Waals surface area (Å²) in [5.74, 6) is 0. The molecule has 0 atom stereocenters. The van der Waals surface area contributed by atoms with Crippen LogP contribution in [0.1, 0.15) is 11.1 Å². The normalized spacial score (nSPS) is 11.1. The fourth-order valence-corrected chi connectivity index (χ4v) is 1.90. The zero-order valence-electron chi connectivity index (χ0n) is 9.35. The molecule has 3 nitrogen and oxygen atoms in total. The molecule has 86 valence electrons. The average Bonchev–Trinajstić information content (AvgIpc) is 2.99. The van der Waals surface area contributed by atoms with Crippen LogP contribution in [0.15, 0.2) is 58.0 Å². The van der Waals surface area contributed by atoms with Crippen molar-refractivity contribution < 1.29 is 8.83 Å². The van der Waals surface area contributed by atoms with E-state index in [1.807, 2.05) is 30.5 Å². The Morgan fingerprint density at radius 1 is 1.00 bits per heavy atom. The Morgan fingerprint density at radius 3 is 2.82 bits per heavy atom. The van der Waals surface area contributed by atoms with Gasteiger partial charge in [0.2, 0.25) is 0 Å². The van der Waals surface area contributed by atoms with E-state index in [4.69, 9.17) is 8.83 Å². The zero-order chi connectivity index (χ0) is 11.5. The first kappa shape index (κ1) is 10.2. The van der Waals surface area contributed by atoms with Gasteiger partial charge in [0.15, 0.2) is 0 Å². The van der Waals surface area contributed by atoms with Gasteiger partial charge < -0.3 is 14.2 Å². The Labute approximate surface area is 99.0 Å². The van der Waals surface area contributed by atoms with Crippen molar-refractivity contribution in [2.24, 2.45) is 0 Å². The Bertz CT molecular complexity index is 596. The molecule has 1 aromatic carbocycles. The van der Waals surface area contributed by atoms with Crippen LogP contribution in [-0.2, 0) is 13.1 Å². The molecule has 3 aromatic rings. The van der Waals surface area contributed by atoms with E-state index in [9.17, 15) is 0 Å². The van der Waals surface area contributed by atoms with E-state index in [2.05, 4.69) is 11.4 Å². The van der Waals surface area contributed by atoms with Crippen LogP contribution in [0, 0.1) is 0 Å². The number of rotatable bonds is 4. The van der Waals surface area contributed by atoms with Gasteiger partial charge in [-0.2, -0.15) is 0 Å². The molecular formula is C14H13NO2. The van der Waals surface area contributed by atoms with E-state index in [0.29, 0.717) is 0 Å². The van der Waals surface area contributed by atoms with Crippen molar-refractivity contribution in [2.75, 3.05) is 0 Å². The molecule has 0 saturated carbocycles. The Balaban J connectivity index is 1.69. The summed E-state index contributed by atoms with van der Waals surface area (Å²) in [5, 5.41) is 4.54. The molecular weight excluding hydrogens is 214 g/mol. The van der Waals surface area contributed by atoms with Crippen molar-refractivity contribution in [3.8, 4) is 0 Å². The third-order valence-electron chi connectivity index (χ3n) is 2.79. The van der Waals surface area contributed by atoms with Crippen LogP contribution >= 0.6 is 0 Å². The molecule has 2 aromatic heterocycles. The monoisotopic (exact) mass is 227 g/mol. The molecule has 3 heteroatoms. The fourth-order valence-electron chi connectivity index (χ4n) is 1.90. The SMILES string of the molecule is c1ccc2c(CNCc3ccoc3)coc2c1. The van der Waals surface area contributed by atoms with E-state index in [-0.39, 0.29) is 0 Å². The predicted octanol–water partition coefficient (Wildman–Crippen LogP) is 3.32. The molecule has 1 N–H and O–H groups in total. The minimum atomic E-state index is 0.794. The molecule has 0 aliphatic rings. The fraction of sp³-hybridized carbons (Fsp3) is 0.143. The maximum absolute atomic E-state index is 5.48. The number of hydrogen-bond donors (Lipinski definition) is 1. The van der Waals surface area contributed by atoms with Crippen LogP contribution in [0.2, 0.25) is 0 Å². The van der Waals surface area contributed by atoms with E-state index in [1.54, 1.807) is 12.5 Å². The van der Waals surface area contributed by atoms with Crippen LogP contribution in [0.3, 0.4) is 0 Å². The van der Waals surface area contributed by atoms with Crippen molar-refractivity contribution in [2.45, 2.75) is 13.1 Å². The van der Waals surface area contributed by atoms with Gasteiger partial charge in [0.05, 0.1) is 18.8 Å². The molecule has 0 radical (unpaired) electrons. The number of para-hydroxylation sites is 1. The molecule has 2 heterocycles. The van der Waals surface area contributed by atoms with Gasteiger partial charge >= 0.3 is 0 Å². The van der Waals surface area contributed by atoms with Gasteiger partial charge in [-0.05, 0) is 12.1 Å². The maximum atomic E-state index is 5.48. The molecule has 0 aliphatic heterocycles. The first-order chi connectivity index (χ1) is 8.43. The second-order valence-corrected chi connectivity index (χ2v) is 3.99. The van der Waals surface area contributed by atoms with Crippen LogP contribution in [0.25, 0.3) is 11.0 Å². The minimum Gasteiger partial charge on any atom is -0.472 e. The van der Waals surface area contributed by atoms with Gasteiger partial charge in [0.25, 0.3) is 0 Å². The molecule has 0 saturated heterocycles. The minimum absolute atomic E-state index is 0.794. The first-order valence-electron chi connectivity index (χ1n) is 5.60. The van der Waals surface area contributed by atoms with Crippen LogP contribution in [0.5, 0.6) is 0 Å². The highest BCUT2D eigenvalue weighted by molar-refractivity contribution is 5.80. The third-order valence-corrected chi connectivity index (χ3v) is 2.79. The number of hydrogen-bond acceptors (Lipinski definition) is 3. The summed E-state index contributed by atoms with van der Waals surface area (Å²) in [6.07, 6.45) is 5.25. The van der Waals surface area contributed by atoms with Crippen LogP contribution in [-0.4, -0.2) is 0 Å². The molecule has 0 unspecified atom stereocenters. The van der Waals surface area contributed by atoms with E-state index in [0.717, 1.165) is 24.2 Å². The van der Waals surface area contributed by atoms with Gasteiger partial charge in [0.1, 0.15) is 5.58 Å². The molecule has 0 fully saturated rings. The molecule has 0 amide bonds. The third kappa shape index (κ3) is 2.10. The van der Waals surface area contributed by atoms with E-state index < -0.39 is 0 Å². The summed E-state index contributed by atoms with van der Waals surface area (Å²) >= 11 is 0. The number of nitrogens with one attached hydrogen (secondary N) is 1. The lowest BCUT2D eigenvalue weighted by atomic mass is 10.2. The van der Waals surface area contributed by atoms with Crippen molar-refractivity contribution in [1.82, 2.24) is 5.32 Å². The molecule has 0 spiro atoms. The Hall–Kier alpha value is -2.00. The summed E-state index contributed by atoms with van der Waals surface area (Å²) < 4.78 is 10.5. The smallest absolute Gasteiger partial charge is 0.134 e. The summed E-state index contributed by atoms with van der Waals surface area (Å²) in [5.41, 5.74) is 3.27. The Morgan fingerprint density at radius 2 is 1.94 bits per heavy atom. The maximum Gasteiger partial charge on any atom is 0.134 e. The summed E-state index contributed by atoms with van der Waals surface area (Å²) in [4.78, 5) is 0. The highest BCUT2D eigenvalue weighted by atomic mass is 16.3. The van der Waals surface area contributed by atoms with E-state index >= 15 is 0 Å². The Kier molecular flexibility index (Phi) is 2.68. The average molecular weight is 227 g/mol. The van der Waals surface area contributed by atoms with Gasteiger partial charge in [-0.3, -0.25) is 0 Å². The van der Waals surface area contributed by atoms with Crippen molar-refractivity contribution in [3.63, 3.8) is 0 Å². The van der Waals surface area contributed by atoms with Crippen LogP contribution in [0.4, 0.5) is 0 Å². The molecule has 3 rings (SSSR count). The molecule has 0 aliphatic carbocycles.